The van der Waals surface area contributed by atoms with Gasteiger partial charge in [-0.05, 0) is 44.5 Å². The third kappa shape index (κ3) is 4.18. The summed E-state index contributed by atoms with van der Waals surface area (Å²) in [6.07, 6.45) is 5.35. The molecule has 1 aromatic carbocycles. The molecule has 1 N–H and O–H groups in total. The van der Waals surface area contributed by atoms with Gasteiger partial charge in [-0.15, -0.1) is 0 Å². The zero-order chi connectivity index (χ0) is 18.5. The van der Waals surface area contributed by atoms with Crippen molar-refractivity contribution in [2.75, 3.05) is 0 Å². The van der Waals surface area contributed by atoms with E-state index < -0.39 is 0 Å². The maximum Gasteiger partial charge on any atom is 0.159 e. The summed E-state index contributed by atoms with van der Waals surface area (Å²) in [5, 5.41) is 3.48. The SMILES string of the molecule is CC(=O)c1cccc(CN[C@@H](C)c2cnc(-c3ccncc3)nc2C)c1. The first kappa shape index (κ1) is 17.9. The molecule has 132 valence electrons. The second-order valence-electron chi connectivity index (χ2n) is 6.33. The highest BCUT2D eigenvalue weighted by Gasteiger charge is 2.12. The number of aryl methyl sites for hydroxylation is 1. The smallest absolute Gasteiger partial charge is 0.159 e. The van der Waals surface area contributed by atoms with Crippen LogP contribution in [0, 0.1) is 6.92 Å². The molecule has 2 heterocycles. The molecule has 3 aromatic rings. The molecule has 0 fully saturated rings. The number of hydrogen-bond acceptors (Lipinski definition) is 5. The van der Waals surface area contributed by atoms with Gasteiger partial charge in [-0.3, -0.25) is 9.78 Å². The summed E-state index contributed by atoms with van der Waals surface area (Å²) in [6.45, 7) is 6.34. The lowest BCUT2D eigenvalue weighted by Gasteiger charge is -2.16. The fourth-order valence-corrected chi connectivity index (χ4v) is 2.82. The van der Waals surface area contributed by atoms with Crippen molar-refractivity contribution in [2.45, 2.75) is 33.4 Å². The molecular weight excluding hydrogens is 324 g/mol. The van der Waals surface area contributed by atoms with Gasteiger partial charge in [0.15, 0.2) is 11.6 Å². The van der Waals surface area contributed by atoms with Gasteiger partial charge < -0.3 is 5.32 Å². The Bertz CT molecular complexity index is 909. The van der Waals surface area contributed by atoms with Crippen LogP contribution < -0.4 is 5.32 Å². The molecule has 0 saturated heterocycles. The molecule has 0 spiro atoms. The Labute approximate surface area is 153 Å². The molecule has 5 nitrogen and oxygen atoms in total. The normalized spacial score (nSPS) is 12.0. The van der Waals surface area contributed by atoms with E-state index >= 15 is 0 Å². The molecule has 0 saturated carbocycles. The molecular formula is C21H22N4O. The van der Waals surface area contributed by atoms with Gasteiger partial charge in [0, 0.05) is 53.6 Å². The topological polar surface area (TPSA) is 67.8 Å². The number of rotatable bonds is 6. The maximum atomic E-state index is 11.5. The molecule has 2 aromatic heterocycles. The molecule has 0 aliphatic carbocycles. The van der Waals surface area contributed by atoms with Crippen LogP contribution >= 0.6 is 0 Å². The number of nitrogens with one attached hydrogen (secondary N) is 1. The number of hydrogen-bond donors (Lipinski definition) is 1. The van der Waals surface area contributed by atoms with Gasteiger partial charge in [0.1, 0.15) is 0 Å². The van der Waals surface area contributed by atoms with Crippen molar-refractivity contribution < 1.29 is 4.79 Å². The highest BCUT2D eigenvalue weighted by Crippen LogP contribution is 2.20. The molecule has 0 aliphatic heterocycles. The zero-order valence-corrected chi connectivity index (χ0v) is 15.2. The zero-order valence-electron chi connectivity index (χ0n) is 15.2. The van der Waals surface area contributed by atoms with Crippen LogP contribution in [0.4, 0.5) is 0 Å². The molecule has 0 bridgehead atoms. The Morgan fingerprint density at radius 2 is 1.96 bits per heavy atom. The monoisotopic (exact) mass is 346 g/mol. The van der Waals surface area contributed by atoms with Gasteiger partial charge in [0.05, 0.1) is 0 Å². The number of benzene rings is 1. The van der Waals surface area contributed by atoms with Crippen LogP contribution in [0.3, 0.4) is 0 Å². The minimum Gasteiger partial charge on any atom is -0.306 e. The molecule has 26 heavy (non-hydrogen) atoms. The van der Waals surface area contributed by atoms with Gasteiger partial charge >= 0.3 is 0 Å². The van der Waals surface area contributed by atoms with Crippen LogP contribution in [0.5, 0.6) is 0 Å². The van der Waals surface area contributed by atoms with Crippen LogP contribution in [-0.4, -0.2) is 20.7 Å². The minimum atomic E-state index is 0.0795. The lowest BCUT2D eigenvalue weighted by atomic mass is 10.1. The first-order valence-electron chi connectivity index (χ1n) is 8.62. The van der Waals surface area contributed by atoms with E-state index in [1.807, 2.05) is 49.5 Å². The fourth-order valence-electron chi connectivity index (χ4n) is 2.82. The van der Waals surface area contributed by atoms with E-state index in [0.29, 0.717) is 12.4 Å². The third-order valence-corrected chi connectivity index (χ3v) is 4.37. The van der Waals surface area contributed by atoms with E-state index in [2.05, 4.69) is 27.2 Å². The Morgan fingerprint density at radius 3 is 2.65 bits per heavy atom. The standard InChI is InChI=1S/C21H22N4O/c1-14(23-12-17-5-4-6-19(11-17)16(3)26)20-13-24-21(25-15(20)2)18-7-9-22-10-8-18/h4-11,13-14,23H,12H2,1-3H3/t14-/m0/s1. The lowest BCUT2D eigenvalue weighted by molar-refractivity contribution is 0.101. The number of carbonyl (C=O) groups is 1. The van der Waals surface area contributed by atoms with Gasteiger partial charge in [-0.1, -0.05) is 18.2 Å². The number of ketones is 1. The number of pyridine rings is 1. The van der Waals surface area contributed by atoms with E-state index in [4.69, 9.17) is 0 Å². The first-order chi connectivity index (χ1) is 12.5. The first-order valence-corrected chi connectivity index (χ1v) is 8.62. The predicted octanol–water partition coefficient (Wildman–Crippen LogP) is 3.90. The predicted molar refractivity (Wildman–Crippen MR) is 102 cm³/mol. The van der Waals surface area contributed by atoms with Crippen molar-refractivity contribution in [1.29, 1.82) is 0 Å². The van der Waals surface area contributed by atoms with Crippen LogP contribution in [0.1, 0.15) is 47.1 Å². The number of carbonyl (C=O) groups excluding carboxylic acids is 1. The second kappa shape index (κ2) is 7.97. The van der Waals surface area contributed by atoms with E-state index in [1.165, 1.54) is 0 Å². The third-order valence-electron chi connectivity index (χ3n) is 4.37. The number of nitrogens with zero attached hydrogens (tertiary/aromatic N) is 3. The van der Waals surface area contributed by atoms with Crippen molar-refractivity contribution in [3.8, 4) is 11.4 Å². The van der Waals surface area contributed by atoms with Crippen LogP contribution in [0.25, 0.3) is 11.4 Å². The molecule has 1 atom stereocenters. The molecule has 0 aliphatic rings. The second-order valence-corrected chi connectivity index (χ2v) is 6.33. The van der Waals surface area contributed by atoms with Crippen LogP contribution in [0.15, 0.2) is 55.0 Å². The summed E-state index contributed by atoms with van der Waals surface area (Å²) >= 11 is 0. The average Bonchev–Trinajstić information content (AvgIpc) is 2.67. The van der Waals surface area contributed by atoms with Gasteiger partial charge in [0.2, 0.25) is 0 Å². The van der Waals surface area contributed by atoms with Gasteiger partial charge in [-0.2, -0.15) is 0 Å². The highest BCUT2D eigenvalue weighted by atomic mass is 16.1. The summed E-state index contributed by atoms with van der Waals surface area (Å²) < 4.78 is 0. The summed E-state index contributed by atoms with van der Waals surface area (Å²) in [4.78, 5) is 24.7. The van der Waals surface area contributed by atoms with Crippen molar-refractivity contribution in [1.82, 2.24) is 20.3 Å². The summed E-state index contributed by atoms with van der Waals surface area (Å²) in [5.74, 6) is 0.783. The maximum absolute atomic E-state index is 11.5. The largest absolute Gasteiger partial charge is 0.306 e. The summed E-state index contributed by atoms with van der Waals surface area (Å²) in [7, 11) is 0. The van der Waals surface area contributed by atoms with Crippen molar-refractivity contribution in [2.24, 2.45) is 0 Å². The fraction of sp³-hybridized carbons (Fsp3) is 0.238. The minimum absolute atomic E-state index is 0.0795. The van der Waals surface area contributed by atoms with E-state index in [-0.39, 0.29) is 11.8 Å². The van der Waals surface area contributed by atoms with E-state index in [9.17, 15) is 4.79 Å². The number of Topliss-reactive ketones (excluding diaryl/α,β-unsaturated/α-hetero) is 1. The lowest BCUT2D eigenvalue weighted by Crippen LogP contribution is -2.20. The van der Waals surface area contributed by atoms with Crippen molar-refractivity contribution in [3.63, 3.8) is 0 Å². The average molecular weight is 346 g/mol. The van der Waals surface area contributed by atoms with Gasteiger partial charge in [0.25, 0.3) is 0 Å². The van der Waals surface area contributed by atoms with E-state index in [1.54, 1.807) is 19.3 Å². The van der Waals surface area contributed by atoms with Gasteiger partial charge in [-0.25, -0.2) is 9.97 Å². The molecule has 0 radical (unpaired) electrons. The van der Waals surface area contributed by atoms with Crippen molar-refractivity contribution in [3.05, 3.63) is 77.4 Å². The molecule has 5 heteroatoms. The Hall–Kier alpha value is -2.92. The Balaban J connectivity index is 1.71. The Morgan fingerprint density at radius 1 is 1.19 bits per heavy atom. The molecule has 0 unspecified atom stereocenters. The molecule has 0 amide bonds. The quantitative estimate of drug-likeness (QED) is 0.686. The van der Waals surface area contributed by atoms with Crippen LogP contribution in [0.2, 0.25) is 0 Å². The van der Waals surface area contributed by atoms with Crippen molar-refractivity contribution >= 4 is 5.78 Å². The van der Waals surface area contributed by atoms with Crippen LogP contribution in [-0.2, 0) is 6.54 Å². The Kier molecular flexibility index (Phi) is 5.49. The number of aromatic nitrogens is 3. The molecule has 3 rings (SSSR count). The summed E-state index contributed by atoms with van der Waals surface area (Å²) in [5.41, 5.74) is 4.78. The van der Waals surface area contributed by atoms with E-state index in [0.717, 1.165) is 27.9 Å². The highest BCUT2D eigenvalue weighted by molar-refractivity contribution is 5.94. The summed E-state index contributed by atoms with van der Waals surface area (Å²) in [6, 6.07) is 11.6.